The van der Waals surface area contributed by atoms with Crippen LogP contribution in [0.2, 0.25) is 0 Å². The number of hydrogen-bond donors (Lipinski definition) is 1. The van der Waals surface area contributed by atoms with E-state index in [1.165, 1.54) is 18.6 Å². The molecule has 0 spiro atoms. The van der Waals surface area contributed by atoms with Gasteiger partial charge in [-0.3, -0.25) is 0 Å². The highest BCUT2D eigenvalue weighted by molar-refractivity contribution is 5.31. The summed E-state index contributed by atoms with van der Waals surface area (Å²) in [5, 5.41) is 8.79. The fourth-order valence-electron chi connectivity index (χ4n) is 4.40. The summed E-state index contributed by atoms with van der Waals surface area (Å²) in [7, 11) is 0. The SMILES string of the molecule is CC1C(C)(C)C2=C(OC/C=C\CO)CCCC2C1(C)C. The van der Waals surface area contributed by atoms with Crippen molar-refractivity contribution in [3.8, 4) is 0 Å². The Balaban J connectivity index is 2.30. The van der Waals surface area contributed by atoms with E-state index in [2.05, 4.69) is 34.6 Å². The second-order valence-corrected chi connectivity index (χ2v) is 7.51. The molecule has 0 aromatic heterocycles. The van der Waals surface area contributed by atoms with E-state index in [0.717, 1.165) is 6.42 Å². The summed E-state index contributed by atoms with van der Waals surface area (Å²) in [5.74, 6) is 2.56. The molecule has 2 nitrogen and oxygen atoms in total. The molecule has 114 valence electrons. The van der Waals surface area contributed by atoms with Gasteiger partial charge in [0.15, 0.2) is 0 Å². The van der Waals surface area contributed by atoms with Gasteiger partial charge in [0, 0.05) is 6.42 Å². The van der Waals surface area contributed by atoms with Gasteiger partial charge in [-0.2, -0.15) is 0 Å². The molecule has 2 rings (SSSR count). The number of rotatable bonds is 4. The first-order valence-electron chi connectivity index (χ1n) is 7.95. The molecule has 1 saturated carbocycles. The third-order valence-electron chi connectivity index (χ3n) is 5.96. The van der Waals surface area contributed by atoms with E-state index in [1.807, 2.05) is 6.08 Å². The Morgan fingerprint density at radius 3 is 2.60 bits per heavy atom. The molecule has 1 fully saturated rings. The number of aliphatic hydroxyl groups is 1. The van der Waals surface area contributed by atoms with Crippen molar-refractivity contribution >= 4 is 0 Å². The van der Waals surface area contributed by atoms with Crippen molar-refractivity contribution in [3.63, 3.8) is 0 Å². The van der Waals surface area contributed by atoms with Crippen LogP contribution in [0.25, 0.3) is 0 Å². The smallest absolute Gasteiger partial charge is 0.106 e. The number of allylic oxidation sites excluding steroid dienone is 2. The first-order chi connectivity index (χ1) is 9.33. The first-order valence-corrected chi connectivity index (χ1v) is 7.95. The summed E-state index contributed by atoms with van der Waals surface area (Å²) in [4.78, 5) is 0. The van der Waals surface area contributed by atoms with Crippen molar-refractivity contribution in [2.24, 2.45) is 22.7 Å². The summed E-state index contributed by atoms with van der Waals surface area (Å²) in [6, 6.07) is 0. The Morgan fingerprint density at radius 1 is 1.25 bits per heavy atom. The maximum atomic E-state index is 8.79. The fraction of sp³-hybridized carbons (Fsp3) is 0.778. The maximum absolute atomic E-state index is 8.79. The zero-order valence-electron chi connectivity index (χ0n) is 13.7. The molecule has 20 heavy (non-hydrogen) atoms. The lowest BCUT2D eigenvalue weighted by molar-refractivity contribution is 0.148. The average Bonchev–Trinajstić information content (AvgIpc) is 2.54. The highest BCUT2D eigenvalue weighted by Crippen LogP contribution is 2.63. The lowest BCUT2D eigenvalue weighted by Gasteiger charge is -2.34. The topological polar surface area (TPSA) is 29.5 Å². The van der Waals surface area contributed by atoms with E-state index >= 15 is 0 Å². The molecular formula is C18H30O2. The normalized spacial score (nSPS) is 31.7. The zero-order valence-corrected chi connectivity index (χ0v) is 13.7. The minimum absolute atomic E-state index is 0.0907. The predicted molar refractivity (Wildman–Crippen MR) is 83.3 cm³/mol. The summed E-state index contributed by atoms with van der Waals surface area (Å²) >= 11 is 0. The third-order valence-corrected chi connectivity index (χ3v) is 5.96. The summed E-state index contributed by atoms with van der Waals surface area (Å²) in [6.07, 6.45) is 7.27. The second kappa shape index (κ2) is 5.55. The lowest BCUT2D eigenvalue weighted by Crippen LogP contribution is -2.27. The van der Waals surface area contributed by atoms with Crippen LogP contribution in [0.1, 0.15) is 53.9 Å². The van der Waals surface area contributed by atoms with E-state index in [1.54, 1.807) is 11.6 Å². The van der Waals surface area contributed by atoms with Crippen LogP contribution in [-0.4, -0.2) is 18.3 Å². The van der Waals surface area contributed by atoms with E-state index in [0.29, 0.717) is 23.9 Å². The van der Waals surface area contributed by atoms with Crippen molar-refractivity contribution in [2.75, 3.05) is 13.2 Å². The van der Waals surface area contributed by atoms with Gasteiger partial charge in [-0.15, -0.1) is 0 Å². The van der Waals surface area contributed by atoms with Gasteiger partial charge in [-0.25, -0.2) is 0 Å². The monoisotopic (exact) mass is 278 g/mol. The van der Waals surface area contributed by atoms with Gasteiger partial charge in [-0.1, -0.05) is 40.7 Å². The summed E-state index contributed by atoms with van der Waals surface area (Å²) in [5.41, 5.74) is 2.15. The molecule has 2 heteroatoms. The molecule has 0 aromatic carbocycles. The van der Waals surface area contributed by atoms with Crippen molar-refractivity contribution in [3.05, 3.63) is 23.5 Å². The molecule has 1 N–H and O–H groups in total. The fourth-order valence-corrected chi connectivity index (χ4v) is 4.40. The van der Waals surface area contributed by atoms with Crippen molar-refractivity contribution in [1.29, 1.82) is 0 Å². The van der Waals surface area contributed by atoms with Crippen LogP contribution in [0.5, 0.6) is 0 Å². The summed E-state index contributed by atoms with van der Waals surface area (Å²) in [6.45, 7) is 12.7. The molecule has 2 aliphatic rings. The number of ether oxygens (including phenoxy) is 1. The van der Waals surface area contributed by atoms with Crippen LogP contribution in [0.4, 0.5) is 0 Å². The number of hydrogen-bond acceptors (Lipinski definition) is 2. The molecule has 0 aliphatic heterocycles. The zero-order chi connectivity index (χ0) is 15.0. The standard InChI is InChI=1S/C18H30O2/c1-13-17(2,3)14-9-8-10-15(16(14)18(13,4)5)20-12-7-6-11-19/h6-7,13-14,19H,8-12H2,1-5H3/b7-6-. The molecular weight excluding hydrogens is 248 g/mol. The molecule has 2 unspecified atom stereocenters. The largest absolute Gasteiger partial charge is 0.494 e. The first kappa shape index (κ1) is 15.6. The second-order valence-electron chi connectivity index (χ2n) is 7.51. The average molecular weight is 278 g/mol. The Kier molecular flexibility index (Phi) is 4.34. The van der Waals surface area contributed by atoms with Crippen molar-refractivity contribution in [2.45, 2.75) is 53.9 Å². The van der Waals surface area contributed by atoms with Gasteiger partial charge in [-0.05, 0) is 47.2 Å². The van der Waals surface area contributed by atoms with Crippen LogP contribution >= 0.6 is 0 Å². The van der Waals surface area contributed by atoms with Crippen LogP contribution in [-0.2, 0) is 4.74 Å². The molecule has 0 amide bonds. The molecule has 0 heterocycles. The maximum Gasteiger partial charge on any atom is 0.106 e. The van der Waals surface area contributed by atoms with Gasteiger partial charge in [0.1, 0.15) is 6.61 Å². The van der Waals surface area contributed by atoms with Crippen molar-refractivity contribution in [1.82, 2.24) is 0 Å². The highest BCUT2D eigenvalue weighted by Gasteiger charge is 2.56. The lowest BCUT2D eigenvalue weighted by atomic mass is 9.71. The van der Waals surface area contributed by atoms with Crippen LogP contribution in [0.15, 0.2) is 23.5 Å². The van der Waals surface area contributed by atoms with Gasteiger partial charge >= 0.3 is 0 Å². The van der Waals surface area contributed by atoms with E-state index < -0.39 is 0 Å². The Hall–Kier alpha value is -0.760. The Bertz CT molecular complexity index is 415. The third kappa shape index (κ3) is 2.43. The Labute approximate surface area is 123 Å². The van der Waals surface area contributed by atoms with E-state index in [9.17, 15) is 0 Å². The molecule has 0 bridgehead atoms. The molecule has 0 saturated heterocycles. The van der Waals surface area contributed by atoms with Crippen LogP contribution in [0.3, 0.4) is 0 Å². The van der Waals surface area contributed by atoms with Gasteiger partial charge in [0.25, 0.3) is 0 Å². The van der Waals surface area contributed by atoms with Crippen molar-refractivity contribution < 1.29 is 9.84 Å². The minimum atomic E-state index is 0.0907. The number of fused-ring (bicyclic) bond motifs is 1. The number of aliphatic hydroxyl groups excluding tert-OH is 1. The van der Waals surface area contributed by atoms with Crippen LogP contribution < -0.4 is 0 Å². The Morgan fingerprint density at radius 2 is 1.95 bits per heavy atom. The van der Waals surface area contributed by atoms with Gasteiger partial charge in [0.2, 0.25) is 0 Å². The molecule has 2 aliphatic carbocycles. The van der Waals surface area contributed by atoms with Gasteiger partial charge < -0.3 is 9.84 Å². The van der Waals surface area contributed by atoms with Gasteiger partial charge in [0.05, 0.1) is 12.4 Å². The molecule has 0 radical (unpaired) electrons. The van der Waals surface area contributed by atoms with E-state index in [-0.39, 0.29) is 12.0 Å². The minimum Gasteiger partial charge on any atom is -0.494 e. The van der Waals surface area contributed by atoms with E-state index in [4.69, 9.17) is 9.84 Å². The molecule has 0 aromatic rings. The quantitative estimate of drug-likeness (QED) is 0.777. The summed E-state index contributed by atoms with van der Waals surface area (Å²) < 4.78 is 6.06. The molecule has 2 atom stereocenters. The predicted octanol–water partition coefficient (Wildman–Crippen LogP) is 4.31. The highest BCUT2D eigenvalue weighted by atomic mass is 16.5. The van der Waals surface area contributed by atoms with Crippen LogP contribution in [0, 0.1) is 22.7 Å².